The first kappa shape index (κ1) is 10.2. The zero-order valence-corrected chi connectivity index (χ0v) is 7.98. The van der Waals surface area contributed by atoms with Crippen LogP contribution in [0.1, 0.15) is 12.6 Å². The van der Waals surface area contributed by atoms with Gasteiger partial charge in [0.15, 0.2) is 0 Å². The normalized spacial score (nSPS) is 11.1. The second-order valence-corrected chi connectivity index (χ2v) is 2.31. The van der Waals surface area contributed by atoms with Gasteiger partial charge in [0.05, 0.1) is 12.3 Å². The molecule has 1 rings (SSSR count). The maximum Gasteiger partial charge on any atom is 0.362 e. The van der Waals surface area contributed by atoms with Gasteiger partial charge in [-0.1, -0.05) is 5.16 Å². The third kappa shape index (κ3) is 2.32. The van der Waals surface area contributed by atoms with Crippen LogP contribution in [0.4, 0.5) is 0 Å². The van der Waals surface area contributed by atoms with E-state index in [-0.39, 0.29) is 12.3 Å². The Morgan fingerprint density at radius 1 is 1.71 bits per heavy atom. The number of aromatic nitrogens is 2. The van der Waals surface area contributed by atoms with Crippen molar-refractivity contribution in [1.29, 1.82) is 0 Å². The number of nitrogens with zero attached hydrogens (tertiary/aromatic N) is 2. The lowest BCUT2D eigenvalue weighted by Crippen LogP contribution is -2.19. The highest BCUT2D eigenvalue weighted by Gasteiger charge is 2.17. The summed E-state index contributed by atoms with van der Waals surface area (Å²) in [5.41, 5.74) is 0.539. The third-order valence-electron chi connectivity index (χ3n) is 1.41. The topological polar surface area (TPSA) is 76.6 Å². The van der Waals surface area contributed by atoms with Crippen LogP contribution in [0.3, 0.4) is 0 Å². The van der Waals surface area contributed by atoms with Gasteiger partial charge in [0.1, 0.15) is 7.11 Å². The Bertz CT molecular complexity index is 319. The Hall–Kier alpha value is -1.85. The summed E-state index contributed by atoms with van der Waals surface area (Å²) in [7, 11) is 1.36. The van der Waals surface area contributed by atoms with E-state index in [0.717, 1.165) is 0 Å². The Morgan fingerprint density at radius 2 is 2.50 bits per heavy atom. The van der Waals surface area contributed by atoms with E-state index in [1.807, 2.05) is 0 Å². The van der Waals surface area contributed by atoms with Crippen molar-refractivity contribution >= 4 is 11.7 Å². The van der Waals surface area contributed by atoms with Crippen molar-refractivity contribution in [2.45, 2.75) is 6.92 Å². The number of carbonyl (C=O) groups is 1. The highest BCUT2D eigenvalue weighted by atomic mass is 16.6. The first-order valence-corrected chi connectivity index (χ1v) is 4.07. The molecule has 0 bridgehead atoms. The van der Waals surface area contributed by atoms with Crippen LogP contribution in [-0.2, 0) is 14.4 Å². The lowest BCUT2D eigenvalue weighted by Gasteiger charge is -2.01. The molecule has 0 amide bonds. The number of hydrogen-bond acceptors (Lipinski definition) is 5. The minimum Gasteiger partial charge on any atom is -0.461 e. The van der Waals surface area contributed by atoms with Crippen molar-refractivity contribution in [1.82, 2.24) is 10.2 Å². The number of rotatable bonds is 4. The molecule has 0 aliphatic heterocycles. The summed E-state index contributed by atoms with van der Waals surface area (Å²) in [6.45, 7) is 2.00. The van der Waals surface area contributed by atoms with Gasteiger partial charge in [0.2, 0.25) is 5.71 Å². The molecular weight excluding hydrogens is 186 g/mol. The van der Waals surface area contributed by atoms with Crippen molar-refractivity contribution in [2.75, 3.05) is 13.7 Å². The van der Waals surface area contributed by atoms with E-state index < -0.39 is 5.97 Å². The van der Waals surface area contributed by atoms with Gasteiger partial charge < -0.3 is 9.57 Å². The quantitative estimate of drug-likeness (QED) is 0.428. The summed E-state index contributed by atoms with van der Waals surface area (Å²) < 4.78 is 4.78. The van der Waals surface area contributed by atoms with Crippen LogP contribution in [-0.4, -0.2) is 35.6 Å². The fourth-order valence-corrected chi connectivity index (χ4v) is 0.875. The molecule has 0 saturated carbocycles. The van der Waals surface area contributed by atoms with E-state index in [2.05, 4.69) is 20.2 Å². The first-order chi connectivity index (χ1) is 6.79. The number of oxime groups is 1. The van der Waals surface area contributed by atoms with Gasteiger partial charge in [-0.25, -0.2) is 4.79 Å². The maximum absolute atomic E-state index is 11.4. The molecule has 1 aromatic rings. The van der Waals surface area contributed by atoms with Crippen LogP contribution >= 0.6 is 0 Å². The molecular formula is C8H11N3O3. The molecule has 0 atom stereocenters. The molecule has 6 heteroatoms. The molecule has 0 unspecified atom stereocenters. The molecule has 1 N–H and O–H groups in total. The molecule has 6 nitrogen and oxygen atoms in total. The molecule has 0 aliphatic rings. The number of nitrogens with one attached hydrogen (secondary N) is 1. The molecule has 1 heterocycles. The molecule has 0 aromatic carbocycles. The smallest absolute Gasteiger partial charge is 0.362 e. The lowest BCUT2D eigenvalue weighted by molar-refractivity contribution is -0.135. The van der Waals surface area contributed by atoms with Gasteiger partial charge in [-0.15, -0.1) is 0 Å². The Labute approximate surface area is 80.9 Å². The Balaban J connectivity index is 2.86. The monoisotopic (exact) mass is 197 g/mol. The van der Waals surface area contributed by atoms with Gasteiger partial charge in [-0.05, 0) is 13.0 Å². The SMILES string of the molecule is CCOC(=O)C(=NOC)c1ccn[nH]1. The highest BCUT2D eigenvalue weighted by Crippen LogP contribution is 1.98. The first-order valence-electron chi connectivity index (χ1n) is 4.07. The summed E-state index contributed by atoms with van der Waals surface area (Å²) in [5.74, 6) is -0.543. The van der Waals surface area contributed by atoms with E-state index in [0.29, 0.717) is 5.69 Å². The Kier molecular flexibility index (Phi) is 3.66. The van der Waals surface area contributed by atoms with Crippen LogP contribution in [0.2, 0.25) is 0 Å². The number of H-pyrrole nitrogens is 1. The zero-order chi connectivity index (χ0) is 10.4. The second-order valence-electron chi connectivity index (χ2n) is 2.31. The van der Waals surface area contributed by atoms with Crippen LogP contribution in [0.15, 0.2) is 17.4 Å². The maximum atomic E-state index is 11.4. The molecule has 0 radical (unpaired) electrons. The predicted octanol–water partition coefficient (Wildman–Crippen LogP) is 0.323. The van der Waals surface area contributed by atoms with Crippen molar-refractivity contribution in [3.05, 3.63) is 18.0 Å². The van der Waals surface area contributed by atoms with Crippen molar-refractivity contribution in [3.8, 4) is 0 Å². The lowest BCUT2D eigenvalue weighted by atomic mass is 10.3. The number of esters is 1. The van der Waals surface area contributed by atoms with Crippen LogP contribution < -0.4 is 0 Å². The summed E-state index contributed by atoms with van der Waals surface area (Å²) in [6, 6.07) is 1.61. The van der Waals surface area contributed by atoms with Gasteiger partial charge in [-0.3, -0.25) is 5.10 Å². The number of carbonyl (C=O) groups excluding carboxylic acids is 1. The standard InChI is InChI=1S/C8H11N3O3/c1-3-14-8(12)7(11-13-2)6-4-5-9-10-6/h4-5H,3H2,1-2H3,(H,9,10). The number of hydrogen-bond donors (Lipinski definition) is 1. The van der Waals surface area contributed by atoms with Gasteiger partial charge >= 0.3 is 5.97 Å². The third-order valence-corrected chi connectivity index (χ3v) is 1.41. The number of ether oxygens (including phenoxy) is 1. The summed E-state index contributed by atoms with van der Waals surface area (Å²) >= 11 is 0. The van der Waals surface area contributed by atoms with Gasteiger partial charge in [0, 0.05) is 6.20 Å². The molecule has 0 saturated heterocycles. The summed E-state index contributed by atoms with van der Waals surface area (Å²) in [6.07, 6.45) is 1.51. The average Bonchev–Trinajstić information content (AvgIpc) is 2.67. The van der Waals surface area contributed by atoms with Crippen molar-refractivity contribution < 1.29 is 14.4 Å². The van der Waals surface area contributed by atoms with Crippen molar-refractivity contribution in [2.24, 2.45) is 5.16 Å². The van der Waals surface area contributed by atoms with E-state index in [9.17, 15) is 4.79 Å². The van der Waals surface area contributed by atoms with Crippen LogP contribution in [0.5, 0.6) is 0 Å². The molecule has 0 spiro atoms. The fraction of sp³-hybridized carbons (Fsp3) is 0.375. The highest BCUT2D eigenvalue weighted by molar-refractivity contribution is 6.42. The van der Waals surface area contributed by atoms with E-state index in [1.54, 1.807) is 13.0 Å². The fourth-order valence-electron chi connectivity index (χ4n) is 0.875. The number of aromatic amines is 1. The average molecular weight is 197 g/mol. The summed E-state index contributed by atoms with van der Waals surface area (Å²) in [5, 5.41) is 9.85. The van der Waals surface area contributed by atoms with Gasteiger partial charge in [-0.2, -0.15) is 5.10 Å². The van der Waals surface area contributed by atoms with Crippen molar-refractivity contribution in [3.63, 3.8) is 0 Å². The van der Waals surface area contributed by atoms with E-state index >= 15 is 0 Å². The Morgan fingerprint density at radius 3 is 3.00 bits per heavy atom. The van der Waals surface area contributed by atoms with Gasteiger partial charge in [0.25, 0.3) is 0 Å². The molecule has 0 fully saturated rings. The molecule has 14 heavy (non-hydrogen) atoms. The van der Waals surface area contributed by atoms with Crippen LogP contribution in [0, 0.1) is 0 Å². The predicted molar refractivity (Wildman–Crippen MR) is 48.8 cm³/mol. The molecule has 1 aromatic heterocycles. The summed E-state index contributed by atoms with van der Waals surface area (Å²) in [4.78, 5) is 15.9. The second kappa shape index (κ2) is 5.00. The molecule has 76 valence electrons. The zero-order valence-electron chi connectivity index (χ0n) is 7.98. The largest absolute Gasteiger partial charge is 0.461 e. The minimum absolute atomic E-state index is 0.0758. The van der Waals surface area contributed by atoms with E-state index in [1.165, 1.54) is 13.3 Å². The van der Waals surface area contributed by atoms with Crippen LogP contribution in [0.25, 0.3) is 0 Å². The molecule has 0 aliphatic carbocycles. The minimum atomic E-state index is -0.543. The van der Waals surface area contributed by atoms with E-state index in [4.69, 9.17) is 4.74 Å².